The van der Waals surface area contributed by atoms with Crippen LogP contribution in [-0.2, 0) is 4.79 Å². The predicted molar refractivity (Wildman–Crippen MR) is 103 cm³/mol. The summed E-state index contributed by atoms with van der Waals surface area (Å²) in [5.74, 6) is 1.95. The van der Waals surface area contributed by atoms with E-state index in [4.69, 9.17) is 0 Å². The summed E-state index contributed by atoms with van der Waals surface area (Å²) in [6.45, 7) is 2.19. The van der Waals surface area contributed by atoms with Crippen molar-refractivity contribution in [3.8, 4) is 0 Å². The zero-order valence-corrected chi connectivity index (χ0v) is 14.4. The highest BCUT2D eigenvalue weighted by Gasteiger charge is 2.15. The van der Waals surface area contributed by atoms with Crippen LogP contribution in [0.2, 0.25) is 0 Å². The van der Waals surface area contributed by atoms with E-state index in [-0.39, 0.29) is 17.3 Å². The summed E-state index contributed by atoms with van der Waals surface area (Å²) in [6, 6.07) is 20.2. The first-order valence-corrected chi connectivity index (χ1v) is 8.34. The summed E-state index contributed by atoms with van der Waals surface area (Å²) < 4.78 is 0. The standard InChI is InChI=1S/C21H19N3O2/c1-15-19(12-13-25)24-20(21(26)23-15)22-14-18(16-8-4-2-5-9-16)17-10-6-3-7-11-17/h2-12,18H,14H2,1H3,(H,22,24)(H,23,26). The van der Waals surface area contributed by atoms with Crippen molar-refractivity contribution in [2.45, 2.75) is 12.8 Å². The van der Waals surface area contributed by atoms with Crippen LogP contribution in [0, 0.1) is 6.92 Å². The molecule has 0 bridgehead atoms. The summed E-state index contributed by atoms with van der Waals surface area (Å²) in [4.78, 5) is 29.8. The number of aromatic amines is 1. The van der Waals surface area contributed by atoms with Gasteiger partial charge in [0.15, 0.2) is 5.82 Å². The lowest BCUT2D eigenvalue weighted by Crippen LogP contribution is -2.22. The molecular weight excluding hydrogens is 326 g/mol. The zero-order chi connectivity index (χ0) is 18.4. The summed E-state index contributed by atoms with van der Waals surface area (Å²) in [5, 5.41) is 3.13. The highest BCUT2D eigenvalue weighted by atomic mass is 16.1. The minimum atomic E-state index is -0.314. The number of benzene rings is 2. The number of aromatic nitrogens is 2. The first kappa shape index (κ1) is 17.4. The molecule has 0 radical (unpaired) electrons. The van der Waals surface area contributed by atoms with Gasteiger partial charge in [0.1, 0.15) is 5.94 Å². The summed E-state index contributed by atoms with van der Waals surface area (Å²) in [6.07, 6.45) is 1.21. The van der Waals surface area contributed by atoms with Crippen LogP contribution in [0.1, 0.15) is 28.4 Å². The van der Waals surface area contributed by atoms with Crippen molar-refractivity contribution in [2.75, 3.05) is 11.9 Å². The summed E-state index contributed by atoms with van der Waals surface area (Å²) in [5.41, 5.74) is 2.90. The molecule has 130 valence electrons. The van der Waals surface area contributed by atoms with E-state index in [2.05, 4.69) is 39.6 Å². The third-order valence-corrected chi connectivity index (χ3v) is 4.21. The van der Waals surface area contributed by atoms with E-state index < -0.39 is 0 Å². The smallest absolute Gasteiger partial charge is 0.290 e. The molecule has 0 atom stereocenters. The lowest BCUT2D eigenvalue weighted by Gasteiger charge is -2.19. The van der Waals surface area contributed by atoms with Gasteiger partial charge in [-0.15, -0.1) is 0 Å². The number of anilines is 1. The second-order valence-corrected chi connectivity index (χ2v) is 5.94. The summed E-state index contributed by atoms with van der Waals surface area (Å²) in [7, 11) is 0. The maximum absolute atomic E-state index is 12.2. The van der Waals surface area contributed by atoms with Gasteiger partial charge in [-0.2, -0.15) is 0 Å². The number of carbonyl (C=O) groups excluding carboxylic acids is 1. The van der Waals surface area contributed by atoms with Crippen LogP contribution < -0.4 is 10.9 Å². The topological polar surface area (TPSA) is 74.8 Å². The number of aryl methyl sites for hydroxylation is 1. The summed E-state index contributed by atoms with van der Waals surface area (Å²) >= 11 is 0. The fraction of sp³-hybridized carbons (Fsp3) is 0.143. The molecule has 2 N–H and O–H groups in total. The molecule has 0 amide bonds. The predicted octanol–water partition coefficient (Wildman–Crippen LogP) is 3.17. The largest absolute Gasteiger partial charge is 0.365 e. The molecular formula is C21H19N3O2. The average molecular weight is 345 g/mol. The molecule has 0 aliphatic rings. The number of rotatable bonds is 6. The van der Waals surface area contributed by atoms with Crippen molar-refractivity contribution in [2.24, 2.45) is 0 Å². The first-order valence-electron chi connectivity index (χ1n) is 8.34. The van der Waals surface area contributed by atoms with Gasteiger partial charge in [-0.3, -0.25) is 4.79 Å². The number of hydrogen-bond acceptors (Lipinski definition) is 4. The second-order valence-electron chi connectivity index (χ2n) is 5.94. The Morgan fingerprint density at radius 1 is 1.08 bits per heavy atom. The van der Waals surface area contributed by atoms with Gasteiger partial charge >= 0.3 is 0 Å². The maximum Gasteiger partial charge on any atom is 0.290 e. The highest BCUT2D eigenvalue weighted by molar-refractivity contribution is 5.74. The van der Waals surface area contributed by atoms with Gasteiger partial charge in [0.05, 0.1) is 5.69 Å². The monoisotopic (exact) mass is 345 g/mol. The molecule has 5 heteroatoms. The fourth-order valence-corrected chi connectivity index (χ4v) is 2.86. The van der Waals surface area contributed by atoms with Crippen molar-refractivity contribution in [3.63, 3.8) is 0 Å². The highest BCUT2D eigenvalue weighted by Crippen LogP contribution is 2.24. The molecule has 0 saturated heterocycles. The normalized spacial score (nSPS) is 10.4. The molecule has 1 heterocycles. The maximum atomic E-state index is 12.2. The van der Waals surface area contributed by atoms with Crippen LogP contribution in [0.5, 0.6) is 0 Å². The van der Waals surface area contributed by atoms with E-state index in [1.54, 1.807) is 12.9 Å². The number of hydrogen-bond donors (Lipinski definition) is 2. The van der Waals surface area contributed by atoms with Crippen LogP contribution in [0.25, 0.3) is 6.08 Å². The van der Waals surface area contributed by atoms with Gasteiger partial charge in [0, 0.05) is 24.2 Å². The number of nitrogens with one attached hydrogen (secondary N) is 2. The van der Waals surface area contributed by atoms with Crippen molar-refractivity contribution < 1.29 is 4.79 Å². The van der Waals surface area contributed by atoms with Gasteiger partial charge in [-0.1, -0.05) is 60.7 Å². The molecule has 0 saturated carbocycles. The number of nitrogens with zero attached hydrogens (tertiary/aromatic N) is 1. The molecule has 0 aliphatic carbocycles. The zero-order valence-electron chi connectivity index (χ0n) is 14.4. The third kappa shape index (κ3) is 3.97. The molecule has 1 aromatic heterocycles. The van der Waals surface area contributed by atoms with Gasteiger partial charge in [-0.05, 0) is 18.1 Å². The lowest BCUT2D eigenvalue weighted by molar-refractivity contribution is 0.570. The molecule has 0 aliphatic heterocycles. The van der Waals surface area contributed by atoms with E-state index in [1.165, 1.54) is 6.08 Å². The van der Waals surface area contributed by atoms with Crippen LogP contribution in [0.15, 0.2) is 65.5 Å². The number of H-pyrrole nitrogens is 1. The molecule has 0 fully saturated rings. The Hall–Kier alpha value is -3.43. The second kappa shape index (κ2) is 8.10. The Kier molecular flexibility index (Phi) is 5.42. The molecule has 3 aromatic rings. The van der Waals surface area contributed by atoms with Crippen LogP contribution >= 0.6 is 0 Å². The molecule has 2 aromatic carbocycles. The molecule has 0 unspecified atom stereocenters. The van der Waals surface area contributed by atoms with E-state index in [9.17, 15) is 9.59 Å². The van der Waals surface area contributed by atoms with E-state index in [0.717, 1.165) is 11.1 Å². The van der Waals surface area contributed by atoms with Crippen molar-refractivity contribution in [3.05, 3.63) is 93.5 Å². The van der Waals surface area contributed by atoms with Crippen molar-refractivity contribution >= 4 is 17.8 Å². The van der Waals surface area contributed by atoms with Crippen LogP contribution in [-0.4, -0.2) is 22.5 Å². The molecule has 3 rings (SSSR count). The Balaban J connectivity index is 1.91. The minimum Gasteiger partial charge on any atom is -0.365 e. The fourth-order valence-electron chi connectivity index (χ4n) is 2.86. The van der Waals surface area contributed by atoms with E-state index in [1.807, 2.05) is 36.4 Å². The van der Waals surface area contributed by atoms with Gasteiger partial charge in [-0.25, -0.2) is 9.78 Å². The van der Waals surface area contributed by atoms with E-state index in [0.29, 0.717) is 17.9 Å². The quantitative estimate of drug-likeness (QED) is 0.673. The van der Waals surface area contributed by atoms with E-state index >= 15 is 0 Å². The van der Waals surface area contributed by atoms with Gasteiger partial charge in [0.2, 0.25) is 0 Å². The Morgan fingerprint density at radius 3 is 2.19 bits per heavy atom. The molecule has 26 heavy (non-hydrogen) atoms. The minimum absolute atomic E-state index is 0.0602. The van der Waals surface area contributed by atoms with Gasteiger partial charge in [0.25, 0.3) is 5.56 Å². The van der Waals surface area contributed by atoms with Gasteiger partial charge < -0.3 is 10.3 Å². The Bertz CT molecular complexity index is 936. The Morgan fingerprint density at radius 2 is 1.65 bits per heavy atom. The SMILES string of the molecule is Cc1[nH]c(=O)c(NCC(c2ccccc2)c2ccccc2)nc1C=C=O. The van der Waals surface area contributed by atoms with Crippen LogP contribution in [0.4, 0.5) is 5.82 Å². The first-order chi connectivity index (χ1) is 12.7. The van der Waals surface area contributed by atoms with Crippen LogP contribution in [0.3, 0.4) is 0 Å². The third-order valence-electron chi connectivity index (χ3n) is 4.21. The lowest BCUT2D eigenvalue weighted by atomic mass is 9.91. The molecule has 5 nitrogen and oxygen atoms in total. The van der Waals surface area contributed by atoms with Crippen molar-refractivity contribution in [1.29, 1.82) is 0 Å². The molecule has 0 spiro atoms. The van der Waals surface area contributed by atoms with Crippen molar-refractivity contribution in [1.82, 2.24) is 9.97 Å². The Labute approximate surface area is 151 Å². The average Bonchev–Trinajstić information content (AvgIpc) is 2.67.